The molecule has 21 heavy (non-hydrogen) atoms. The molecule has 1 fully saturated rings. The maximum Gasteiger partial charge on any atom is 0.0705 e. The zero-order chi connectivity index (χ0) is 15.3. The van der Waals surface area contributed by atoms with Crippen molar-refractivity contribution in [3.8, 4) is 0 Å². The minimum atomic E-state index is 0.374. The molecule has 1 heterocycles. The molecule has 2 nitrogen and oxygen atoms in total. The molecule has 1 aromatic carbocycles. The molecule has 0 spiro atoms. The Kier molecular flexibility index (Phi) is 3.32. The van der Waals surface area contributed by atoms with Crippen LogP contribution in [0.2, 0.25) is 0 Å². The molecule has 1 aromatic heterocycles. The quantitative estimate of drug-likeness (QED) is 0.888. The van der Waals surface area contributed by atoms with Gasteiger partial charge in [-0.25, -0.2) is 0 Å². The maximum atomic E-state index is 4.51. The topological polar surface area (TPSA) is 24.9 Å². The highest BCUT2D eigenvalue weighted by molar-refractivity contribution is 5.79. The van der Waals surface area contributed by atoms with E-state index >= 15 is 0 Å². The van der Waals surface area contributed by atoms with Crippen LogP contribution in [0.5, 0.6) is 0 Å². The van der Waals surface area contributed by atoms with Gasteiger partial charge in [-0.05, 0) is 41.0 Å². The minimum absolute atomic E-state index is 0.374. The molecule has 0 bridgehead atoms. The van der Waals surface area contributed by atoms with Gasteiger partial charge in [-0.2, -0.15) is 0 Å². The summed E-state index contributed by atoms with van der Waals surface area (Å²) in [6.07, 6.45) is 1.87. The third-order valence-electron chi connectivity index (χ3n) is 5.88. The Morgan fingerprint density at radius 3 is 2.48 bits per heavy atom. The fourth-order valence-electron chi connectivity index (χ4n) is 4.01. The highest BCUT2D eigenvalue weighted by Gasteiger charge is 2.67. The first-order valence-electron chi connectivity index (χ1n) is 7.97. The smallest absolute Gasteiger partial charge is 0.0705 e. The van der Waals surface area contributed by atoms with Crippen molar-refractivity contribution in [1.29, 1.82) is 0 Å². The van der Waals surface area contributed by atoms with E-state index in [2.05, 4.69) is 69.2 Å². The number of hydrogen-bond donors (Lipinski definition) is 1. The van der Waals surface area contributed by atoms with E-state index in [9.17, 15) is 0 Å². The Bertz CT molecular complexity index is 643. The first-order valence-corrected chi connectivity index (χ1v) is 7.97. The summed E-state index contributed by atoms with van der Waals surface area (Å²) in [4.78, 5) is 4.51. The number of rotatable bonds is 4. The van der Waals surface area contributed by atoms with Crippen LogP contribution in [0.15, 0.2) is 36.5 Å². The lowest BCUT2D eigenvalue weighted by Crippen LogP contribution is -2.25. The molecule has 1 atom stereocenters. The van der Waals surface area contributed by atoms with E-state index in [4.69, 9.17) is 0 Å². The van der Waals surface area contributed by atoms with Gasteiger partial charge in [0.05, 0.1) is 5.52 Å². The Hall–Kier alpha value is -1.41. The van der Waals surface area contributed by atoms with Crippen LogP contribution in [-0.4, -0.2) is 11.5 Å². The van der Waals surface area contributed by atoms with Crippen LogP contribution in [0.1, 0.15) is 46.2 Å². The molecule has 1 N–H and O–H groups in total. The van der Waals surface area contributed by atoms with Crippen LogP contribution in [0, 0.1) is 16.7 Å². The number of fused-ring (bicyclic) bond motifs is 1. The zero-order valence-electron chi connectivity index (χ0n) is 13.8. The molecule has 3 rings (SSSR count). The third-order valence-corrected chi connectivity index (χ3v) is 5.88. The van der Waals surface area contributed by atoms with E-state index in [1.165, 1.54) is 10.9 Å². The zero-order valence-corrected chi connectivity index (χ0v) is 13.8. The van der Waals surface area contributed by atoms with E-state index in [0.29, 0.717) is 22.8 Å². The molecule has 2 aromatic rings. The fraction of sp³-hybridized carbons (Fsp3) is 0.526. The standard InChI is InChI=1S/C19H26N2/c1-6-20-16(17-18(2,3)19(17,4)5)14-10-9-13-8-7-11-21-15(13)12-14/h7-12,16-17,20H,6H2,1-5H3. The second-order valence-corrected chi connectivity index (χ2v) is 7.41. The second-order valence-electron chi connectivity index (χ2n) is 7.41. The van der Waals surface area contributed by atoms with E-state index < -0.39 is 0 Å². The number of nitrogens with zero attached hydrogens (tertiary/aromatic N) is 1. The molecule has 0 amide bonds. The molecule has 112 valence electrons. The predicted octanol–water partition coefficient (Wildman–Crippen LogP) is 4.57. The van der Waals surface area contributed by atoms with Crippen LogP contribution in [0.4, 0.5) is 0 Å². The van der Waals surface area contributed by atoms with Gasteiger partial charge < -0.3 is 5.32 Å². The summed E-state index contributed by atoms with van der Waals surface area (Å²) in [7, 11) is 0. The van der Waals surface area contributed by atoms with Crippen LogP contribution in [-0.2, 0) is 0 Å². The lowest BCUT2D eigenvalue weighted by Gasteiger charge is -2.21. The van der Waals surface area contributed by atoms with Gasteiger partial charge in [0.15, 0.2) is 0 Å². The first-order chi connectivity index (χ1) is 9.89. The molecule has 1 saturated carbocycles. The molecular formula is C19H26N2. The van der Waals surface area contributed by atoms with Gasteiger partial charge in [-0.15, -0.1) is 0 Å². The molecule has 1 unspecified atom stereocenters. The average Bonchev–Trinajstić information content (AvgIpc) is 2.86. The number of hydrogen-bond acceptors (Lipinski definition) is 2. The van der Waals surface area contributed by atoms with E-state index in [-0.39, 0.29) is 0 Å². The van der Waals surface area contributed by atoms with Crippen molar-refractivity contribution < 1.29 is 0 Å². The van der Waals surface area contributed by atoms with Crippen LogP contribution in [0.25, 0.3) is 10.9 Å². The van der Waals surface area contributed by atoms with E-state index in [0.717, 1.165) is 12.1 Å². The summed E-state index contributed by atoms with van der Waals surface area (Å²) in [6, 6.07) is 11.3. The molecule has 1 aliphatic carbocycles. The summed E-state index contributed by atoms with van der Waals surface area (Å²) < 4.78 is 0. The van der Waals surface area contributed by atoms with Crippen LogP contribution < -0.4 is 5.32 Å². The summed E-state index contributed by atoms with van der Waals surface area (Å²) in [5.41, 5.74) is 3.21. The van der Waals surface area contributed by atoms with Gasteiger partial charge >= 0.3 is 0 Å². The molecular weight excluding hydrogens is 256 g/mol. The summed E-state index contributed by atoms with van der Waals surface area (Å²) in [5.74, 6) is 0.658. The fourth-order valence-corrected chi connectivity index (χ4v) is 4.01. The van der Waals surface area contributed by atoms with Gasteiger partial charge in [0.1, 0.15) is 0 Å². The number of nitrogens with one attached hydrogen (secondary N) is 1. The average molecular weight is 282 g/mol. The lowest BCUT2D eigenvalue weighted by molar-refractivity contribution is 0.418. The normalized spacial score (nSPS) is 21.4. The summed E-state index contributed by atoms with van der Waals surface area (Å²) in [5, 5.41) is 4.92. The minimum Gasteiger partial charge on any atom is -0.310 e. The SMILES string of the molecule is CCNC(c1ccc2cccnc2c1)C1C(C)(C)C1(C)C. The number of benzene rings is 1. The third kappa shape index (κ3) is 2.17. The van der Waals surface area contributed by atoms with Crippen LogP contribution in [0.3, 0.4) is 0 Å². The largest absolute Gasteiger partial charge is 0.310 e. The van der Waals surface area contributed by atoms with E-state index in [1.807, 2.05) is 12.3 Å². The van der Waals surface area contributed by atoms with Crippen molar-refractivity contribution >= 4 is 10.9 Å². The predicted molar refractivity (Wildman–Crippen MR) is 89.2 cm³/mol. The second kappa shape index (κ2) is 4.81. The number of pyridine rings is 1. The van der Waals surface area contributed by atoms with Gasteiger partial charge in [-0.3, -0.25) is 4.98 Å². The van der Waals surface area contributed by atoms with Gasteiger partial charge in [0.2, 0.25) is 0 Å². The Balaban J connectivity index is 2.00. The molecule has 0 radical (unpaired) electrons. The molecule has 0 saturated heterocycles. The monoisotopic (exact) mass is 282 g/mol. The summed E-state index contributed by atoms with van der Waals surface area (Å²) >= 11 is 0. The molecule has 2 heteroatoms. The molecule has 0 aliphatic heterocycles. The Morgan fingerprint density at radius 1 is 1.14 bits per heavy atom. The van der Waals surface area contributed by atoms with Crippen molar-refractivity contribution in [2.45, 2.75) is 40.7 Å². The van der Waals surface area contributed by atoms with Gasteiger partial charge in [-0.1, -0.05) is 52.8 Å². The van der Waals surface area contributed by atoms with Gasteiger partial charge in [0.25, 0.3) is 0 Å². The number of aromatic nitrogens is 1. The first kappa shape index (κ1) is 14.5. The lowest BCUT2D eigenvalue weighted by atomic mass is 9.95. The summed E-state index contributed by atoms with van der Waals surface area (Å²) in [6.45, 7) is 12.7. The van der Waals surface area contributed by atoms with Crippen LogP contribution >= 0.6 is 0 Å². The van der Waals surface area contributed by atoms with Crippen molar-refractivity contribution in [2.75, 3.05) is 6.54 Å². The Labute approximate surface area is 128 Å². The Morgan fingerprint density at radius 2 is 1.86 bits per heavy atom. The van der Waals surface area contributed by atoms with Gasteiger partial charge in [0, 0.05) is 17.6 Å². The van der Waals surface area contributed by atoms with Crippen molar-refractivity contribution in [3.05, 3.63) is 42.1 Å². The van der Waals surface area contributed by atoms with Crippen molar-refractivity contribution in [1.82, 2.24) is 10.3 Å². The highest BCUT2D eigenvalue weighted by Crippen LogP contribution is 2.72. The van der Waals surface area contributed by atoms with Crippen molar-refractivity contribution in [2.24, 2.45) is 16.7 Å². The maximum absolute atomic E-state index is 4.51. The molecule has 1 aliphatic rings. The van der Waals surface area contributed by atoms with Crippen molar-refractivity contribution in [3.63, 3.8) is 0 Å². The highest BCUT2D eigenvalue weighted by atomic mass is 15.0. The van der Waals surface area contributed by atoms with E-state index in [1.54, 1.807) is 0 Å².